The number of methoxy groups -OCH3 is 1. The van der Waals surface area contributed by atoms with E-state index in [4.69, 9.17) is 4.74 Å². The average molecular weight is 441 g/mol. The van der Waals surface area contributed by atoms with Crippen molar-refractivity contribution in [1.29, 1.82) is 0 Å². The van der Waals surface area contributed by atoms with Crippen molar-refractivity contribution in [1.82, 2.24) is 5.32 Å². The molecule has 7 heteroatoms. The van der Waals surface area contributed by atoms with Crippen LogP contribution >= 0.6 is 0 Å². The number of para-hydroxylation sites is 2. The van der Waals surface area contributed by atoms with Crippen molar-refractivity contribution in [2.24, 2.45) is 17.8 Å². The van der Waals surface area contributed by atoms with E-state index in [0.717, 1.165) is 37.0 Å². The highest BCUT2D eigenvalue weighted by Gasteiger charge is 2.51. The second-order valence-corrected chi connectivity index (χ2v) is 11.2. The predicted molar refractivity (Wildman–Crippen MR) is 119 cm³/mol. The van der Waals surface area contributed by atoms with Gasteiger partial charge in [-0.3, -0.25) is 9.52 Å². The molecule has 0 unspecified atom stereocenters. The summed E-state index contributed by atoms with van der Waals surface area (Å²) in [7, 11) is -2.30. The zero-order valence-corrected chi connectivity index (χ0v) is 18.5. The molecule has 31 heavy (non-hydrogen) atoms. The Hall–Kier alpha value is -2.54. The lowest BCUT2D eigenvalue weighted by molar-refractivity contribution is -0.0167. The van der Waals surface area contributed by atoms with Crippen LogP contribution in [0.5, 0.6) is 5.75 Å². The summed E-state index contributed by atoms with van der Waals surface area (Å²) >= 11 is 0. The summed E-state index contributed by atoms with van der Waals surface area (Å²) in [6, 6.07) is 13.0. The van der Waals surface area contributed by atoms with Gasteiger partial charge in [0.2, 0.25) is 0 Å². The first-order valence-electron chi connectivity index (χ1n) is 10.9. The van der Waals surface area contributed by atoms with E-state index in [-0.39, 0.29) is 16.3 Å². The highest BCUT2D eigenvalue weighted by atomic mass is 32.2. The van der Waals surface area contributed by atoms with Crippen LogP contribution in [0, 0.1) is 17.8 Å². The molecule has 4 bridgehead atoms. The third-order valence-electron chi connectivity index (χ3n) is 7.20. The largest absolute Gasteiger partial charge is 0.495 e. The van der Waals surface area contributed by atoms with Crippen molar-refractivity contribution >= 4 is 21.6 Å². The molecule has 6 nitrogen and oxygen atoms in total. The normalized spacial score (nSPS) is 28.9. The Morgan fingerprint density at radius 2 is 1.52 bits per heavy atom. The Kier molecular flexibility index (Phi) is 4.96. The van der Waals surface area contributed by atoms with Gasteiger partial charge in [0.15, 0.2) is 0 Å². The van der Waals surface area contributed by atoms with Gasteiger partial charge in [0.1, 0.15) is 5.75 Å². The van der Waals surface area contributed by atoms with Crippen LogP contribution in [0.1, 0.15) is 48.9 Å². The van der Waals surface area contributed by atoms with Gasteiger partial charge in [0.25, 0.3) is 15.9 Å². The van der Waals surface area contributed by atoms with Gasteiger partial charge in [-0.25, -0.2) is 8.42 Å². The molecule has 164 valence electrons. The minimum atomic E-state index is -3.79. The molecule has 0 heterocycles. The van der Waals surface area contributed by atoms with Crippen LogP contribution in [0.2, 0.25) is 0 Å². The molecule has 1 amide bonds. The van der Waals surface area contributed by atoms with Crippen LogP contribution in [0.4, 0.5) is 5.69 Å². The van der Waals surface area contributed by atoms with E-state index in [1.165, 1.54) is 38.5 Å². The number of carbonyl (C=O) groups is 1. The summed E-state index contributed by atoms with van der Waals surface area (Å²) in [5, 5.41) is 3.33. The first-order chi connectivity index (χ1) is 14.9. The molecule has 4 aliphatic rings. The van der Waals surface area contributed by atoms with E-state index in [1.54, 1.807) is 36.4 Å². The summed E-state index contributed by atoms with van der Waals surface area (Å²) in [5.74, 6) is 2.58. The SMILES string of the molecule is COc1ccccc1NS(=O)(=O)c1ccc(C(=O)NC23CC4CC(CC(C4)C2)C3)cc1. The lowest BCUT2D eigenvalue weighted by atomic mass is 9.53. The quantitative estimate of drug-likeness (QED) is 0.705. The topological polar surface area (TPSA) is 84.5 Å². The van der Waals surface area contributed by atoms with Gasteiger partial charge in [0, 0.05) is 11.1 Å². The van der Waals surface area contributed by atoms with Crippen molar-refractivity contribution in [3.63, 3.8) is 0 Å². The number of ether oxygens (including phenoxy) is 1. The zero-order valence-electron chi connectivity index (χ0n) is 17.6. The first kappa shape index (κ1) is 20.4. The number of sulfonamides is 1. The lowest BCUT2D eigenvalue weighted by Crippen LogP contribution is -2.59. The maximum absolute atomic E-state index is 13.0. The molecule has 2 aromatic rings. The number of nitrogens with one attached hydrogen (secondary N) is 2. The second kappa shape index (κ2) is 7.55. The monoisotopic (exact) mass is 440 g/mol. The third kappa shape index (κ3) is 3.91. The number of hydrogen-bond donors (Lipinski definition) is 2. The minimum absolute atomic E-state index is 0.0675. The Morgan fingerprint density at radius 3 is 2.10 bits per heavy atom. The molecular formula is C24H28N2O4S. The first-order valence-corrected chi connectivity index (χ1v) is 12.4. The number of carbonyl (C=O) groups excluding carboxylic acids is 1. The van der Waals surface area contributed by atoms with Gasteiger partial charge < -0.3 is 10.1 Å². The van der Waals surface area contributed by atoms with Crippen molar-refractivity contribution in [2.45, 2.75) is 49.0 Å². The van der Waals surface area contributed by atoms with Crippen LogP contribution in [0.25, 0.3) is 0 Å². The molecule has 0 spiro atoms. The molecule has 4 aliphatic carbocycles. The minimum Gasteiger partial charge on any atom is -0.495 e. The van der Waals surface area contributed by atoms with Crippen molar-refractivity contribution < 1.29 is 17.9 Å². The predicted octanol–water partition coefficient (Wildman–Crippen LogP) is 4.19. The number of rotatable bonds is 6. The standard InChI is InChI=1S/C24H28N2O4S/c1-30-22-5-3-2-4-21(22)26-31(28,29)20-8-6-19(7-9-20)23(27)25-24-13-16-10-17(14-24)12-18(11-16)15-24/h2-9,16-18,26H,10-15H2,1H3,(H,25,27). The Labute approximate surface area is 183 Å². The van der Waals surface area contributed by atoms with Crippen molar-refractivity contribution in [2.75, 3.05) is 11.8 Å². The van der Waals surface area contributed by atoms with Gasteiger partial charge in [-0.05, 0) is 92.7 Å². The molecule has 0 aromatic heterocycles. The summed E-state index contributed by atoms with van der Waals surface area (Å²) in [6.07, 6.45) is 7.21. The molecule has 0 saturated heterocycles. The van der Waals surface area contributed by atoms with E-state index >= 15 is 0 Å². The zero-order chi connectivity index (χ0) is 21.6. The van der Waals surface area contributed by atoms with E-state index in [0.29, 0.717) is 17.0 Å². The number of benzene rings is 2. The molecule has 6 rings (SSSR count). The summed E-state index contributed by atoms with van der Waals surface area (Å²) in [6.45, 7) is 0. The number of amides is 1. The van der Waals surface area contributed by atoms with Crippen LogP contribution in [0.15, 0.2) is 53.4 Å². The average Bonchev–Trinajstić information content (AvgIpc) is 2.72. The molecule has 4 fully saturated rings. The highest BCUT2D eigenvalue weighted by molar-refractivity contribution is 7.92. The smallest absolute Gasteiger partial charge is 0.262 e. The second-order valence-electron chi connectivity index (χ2n) is 9.48. The van der Waals surface area contributed by atoms with Gasteiger partial charge in [-0.2, -0.15) is 0 Å². The van der Waals surface area contributed by atoms with E-state index in [9.17, 15) is 13.2 Å². The molecule has 4 saturated carbocycles. The molecule has 0 atom stereocenters. The maximum atomic E-state index is 13.0. The third-order valence-corrected chi connectivity index (χ3v) is 8.58. The molecule has 0 aliphatic heterocycles. The fourth-order valence-electron chi connectivity index (χ4n) is 6.29. The van der Waals surface area contributed by atoms with Crippen molar-refractivity contribution in [3.05, 3.63) is 54.1 Å². The van der Waals surface area contributed by atoms with Gasteiger partial charge in [-0.15, -0.1) is 0 Å². The number of hydrogen-bond acceptors (Lipinski definition) is 4. The molecule has 2 N–H and O–H groups in total. The van der Waals surface area contributed by atoms with Gasteiger partial charge >= 0.3 is 0 Å². The fraction of sp³-hybridized carbons (Fsp3) is 0.458. The maximum Gasteiger partial charge on any atom is 0.262 e. The highest BCUT2D eigenvalue weighted by Crippen LogP contribution is 2.55. The Balaban J connectivity index is 1.30. The van der Waals surface area contributed by atoms with Crippen LogP contribution in [-0.4, -0.2) is 27.0 Å². The van der Waals surface area contributed by atoms with Crippen LogP contribution < -0.4 is 14.8 Å². The molecule has 2 aromatic carbocycles. The summed E-state index contributed by atoms with van der Waals surface area (Å²) in [4.78, 5) is 13.1. The van der Waals surface area contributed by atoms with E-state index in [2.05, 4.69) is 10.0 Å². The van der Waals surface area contributed by atoms with Gasteiger partial charge in [0.05, 0.1) is 17.7 Å². The summed E-state index contributed by atoms with van der Waals surface area (Å²) < 4.78 is 33.3. The fourth-order valence-corrected chi connectivity index (χ4v) is 7.37. The molecular weight excluding hydrogens is 412 g/mol. The summed E-state index contributed by atoms with van der Waals surface area (Å²) in [5.41, 5.74) is 0.794. The lowest BCUT2D eigenvalue weighted by Gasteiger charge is -2.56. The Morgan fingerprint density at radius 1 is 0.935 bits per heavy atom. The van der Waals surface area contributed by atoms with E-state index < -0.39 is 10.0 Å². The molecule has 0 radical (unpaired) electrons. The van der Waals surface area contributed by atoms with Crippen LogP contribution in [-0.2, 0) is 10.0 Å². The van der Waals surface area contributed by atoms with Gasteiger partial charge in [-0.1, -0.05) is 12.1 Å². The van der Waals surface area contributed by atoms with Crippen LogP contribution in [0.3, 0.4) is 0 Å². The Bertz CT molecular complexity index is 1060. The van der Waals surface area contributed by atoms with Crippen molar-refractivity contribution in [3.8, 4) is 5.75 Å². The van der Waals surface area contributed by atoms with E-state index in [1.807, 2.05) is 0 Å². The number of anilines is 1.